The number of anilines is 2. The maximum Gasteiger partial charge on any atom is 0.233 e. The van der Waals surface area contributed by atoms with Crippen LogP contribution in [0.2, 0.25) is 0 Å². The molecule has 2 heterocycles. The normalized spacial score (nSPS) is 18.5. The molecule has 0 spiro atoms. The third-order valence-corrected chi connectivity index (χ3v) is 5.15. The van der Waals surface area contributed by atoms with Crippen LogP contribution in [0, 0.1) is 5.92 Å². The van der Waals surface area contributed by atoms with E-state index in [9.17, 15) is 4.79 Å². The molecule has 2 aromatic carbocycles. The van der Waals surface area contributed by atoms with E-state index in [1.807, 2.05) is 48.2 Å². The molecule has 2 N–H and O–H groups in total. The lowest BCUT2D eigenvalue weighted by molar-refractivity contribution is -0.123. The number of fused-ring (bicyclic) bond motifs is 2. The number of rotatable bonds is 3. The van der Waals surface area contributed by atoms with Crippen molar-refractivity contribution in [2.45, 2.75) is 26.2 Å². The lowest BCUT2D eigenvalue weighted by atomic mass is 9.93. The van der Waals surface area contributed by atoms with Gasteiger partial charge in [-0.25, -0.2) is 0 Å². The van der Waals surface area contributed by atoms with Gasteiger partial charge in [-0.3, -0.25) is 4.79 Å². The van der Waals surface area contributed by atoms with Crippen molar-refractivity contribution in [1.82, 2.24) is 0 Å². The highest BCUT2D eigenvalue weighted by atomic mass is 16.5. The van der Waals surface area contributed by atoms with E-state index < -0.39 is 0 Å². The first-order chi connectivity index (χ1) is 12.7. The molecule has 2 aliphatic rings. The monoisotopic (exact) mass is 352 g/mol. The van der Waals surface area contributed by atoms with Crippen LogP contribution in [0.25, 0.3) is 0 Å². The van der Waals surface area contributed by atoms with E-state index in [1.54, 1.807) is 0 Å². The average Bonchev–Trinajstić information content (AvgIpc) is 2.67. The summed E-state index contributed by atoms with van der Waals surface area (Å²) in [6.07, 6.45) is 2.53. The van der Waals surface area contributed by atoms with Crippen LogP contribution in [0.5, 0.6) is 11.5 Å². The highest BCUT2D eigenvalue weighted by molar-refractivity contribution is 5.97. The van der Waals surface area contributed by atoms with Crippen molar-refractivity contribution >= 4 is 17.3 Å². The quantitative estimate of drug-likeness (QED) is 0.862. The minimum Gasteiger partial charge on any atom is -0.494 e. The van der Waals surface area contributed by atoms with Crippen molar-refractivity contribution < 1.29 is 14.3 Å². The number of nitrogens with two attached hydrogens (primary N) is 1. The zero-order valence-electron chi connectivity index (χ0n) is 15.0. The Morgan fingerprint density at radius 3 is 3.08 bits per heavy atom. The van der Waals surface area contributed by atoms with Crippen LogP contribution in [-0.2, 0) is 17.6 Å². The van der Waals surface area contributed by atoms with Crippen LogP contribution in [0.1, 0.15) is 24.5 Å². The summed E-state index contributed by atoms with van der Waals surface area (Å²) in [6.45, 7) is 3.72. The Morgan fingerprint density at radius 1 is 1.35 bits per heavy atom. The predicted octanol–water partition coefficient (Wildman–Crippen LogP) is 3.20. The van der Waals surface area contributed by atoms with Crippen LogP contribution >= 0.6 is 0 Å². The molecule has 4 rings (SSSR count). The van der Waals surface area contributed by atoms with Gasteiger partial charge < -0.3 is 20.1 Å². The molecule has 1 amide bonds. The Kier molecular flexibility index (Phi) is 4.45. The zero-order chi connectivity index (χ0) is 18.1. The first-order valence-corrected chi connectivity index (χ1v) is 9.24. The molecule has 0 aromatic heterocycles. The summed E-state index contributed by atoms with van der Waals surface area (Å²) in [5.41, 5.74) is 9.96. The molecule has 5 heteroatoms. The second-order valence-electron chi connectivity index (χ2n) is 6.85. The molecular formula is C21H24N2O3. The summed E-state index contributed by atoms with van der Waals surface area (Å²) >= 11 is 0. The van der Waals surface area contributed by atoms with Crippen molar-refractivity contribution in [3.05, 3.63) is 47.5 Å². The Balaban J connectivity index is 1.57. The number of hydrogen-bond donors (Lipinski definition) is 1. The minimum absolute atomic E-state index is 0.115. The Bertz CT molecular complexity index is 834. The molecular weight excluding hydrogens is 328 g/mol. The van der Waals surface area contributed by atoms with E-state index in [2.05, 4.69) is 0 Å². The summed E-state index contributed by atoms with van der Waals surface area (Å²) in [5, 5.41) is 0. The Morgan fingerprint density at radius 2 is 2.23 bits per heavy atom. The molecule has 5 nitrogen and oxygen atoms in total. The lowest BCUT2D eigenvalue weighted by Gasteiger charge is -2.34. The number of ether oxygens (including phenoxy) is 2. The highest BCUT2D eigenvalue weighted by Crippen LogP contribution is 2.35. The van der Waals surface area contributed by atoms with Gasteiger partial charge in [-0.15, -0.1) is 0 Å². The molecule has 0 aliphatic carbocycles. The largest absolute Gasteiger partial charge is 0.494 e. The maximum absolute atomic E-state index is 13.2. The zero-order valence-corrected chi connectivity index (χ0v) is 15.0. The summed E-state index contributed by atoms with van der Waals surface area (Å²) in [7, 11) is 0. The summed E-state index contributed by atoms with van der Waals surface area (Å²) < 4.78 is 11.4. The van der Waals surface area contributed by atoms with Crippen LogP contribution in [0.3, 0.4) is 0 Å². The van der Waals surface area contributed by atoms with E-state index in [0.29, 0.717) is 19.6 Å². The minimum atomic E-state index is -0.188. The smallest absolute Gasteiger partial charge is 0.233 e. The van der Waals surface area contributed by atoms with Crippen molar-refractivity contribution in [3.8, 4) is 11.5 Å². The van der Waals surface area contributed by atoms with E-state index in [0.717, 1.165) is 53.4 Å². The SMILES string of the molecule is CCOc1ccc2c(c1)CC(C(=O)N1CCCc3c(N)cccc31)CO2. The standard InChI is InChI=1S/C21H24N2O3/c1-2-25-16-8-9-20-14(12-16)11-15(13-26-20)21(24)23-10-4-5-17-18(22)6-3-7-19(17)23/h3,6-9,12,15H,2,4-5,10-11,13,22H2,1H3. The summed E-state index contributed by atoms with van der Waals surface area (Å²) in [4.78, 5) is 15.1. The number of nitrogens with zero attached hydrogens (tertiary/aromatic N) is 1. The number of amides is 1. The van der Waals surface area contributed by atoms with Crippen LogP contribution < -0.4 is 20.1 Å². The molecule has 0 saturated carbocycles. The van der Waals surface area contributed by atoms with Gasteiger partial charge in [0, 0.05) is 17.9 Å². The molecule has 0 radical (unpaired) electrons. The first kappa shape index (κ1) is 16.8. The van der Waals surface area contributed by atoms with Crippen molar-refractivity contribution in [3.63, 3.8) is 0 Å². The van der Waals surface area contributed by atoms with Gasteiger partial charge in [-0.05, 0) is 67.6 Å². The van der Waals surface area contributed by atoms with Crippen LogP contribution in [-0.4, -0.2) is 25.7 Å². The number of hydrogen-bond acceptors (Lipinski definition) is 4. The number of carbonyl (C=O) groups is 1. The van der Waals surface area contributed by atoms with E-state index in [1.165, 1.54) is 0 Å². The second-order valence-corrected chi connectivity index (χ2v) is 6.85. The number of nitrogen functional groups attached to an aromatic ring is 1. The van der Waals surface area contributed by atoms with Crippen LogP contribution in [0.4, 0.5) is 11.4 Å². The van der Waals surface area contributed by atoms with Gasteiger partial charge in [-0.1, -0.05) is 6.07 Å². The molecule has 2 aromatic rings. The number of carbonyl (C=O) groups excluding carboxylic acids is 1. The molecule has 0 saturated heterocycles. The van der Waals surface area contributed by atoms with E-state index in [4.69, 9.17) is 15.2 Å². The predicted molar refractivity (Wildman–Crippen MR) is 102 cm³/mol. The fraction of sp³-hybridized carbons (Fsp3) is 0.381. The first-order valence-electron chi connectivity index (χ1n) is 9.24. The van der Waals surface area contributed by atoms with Gasteiger partial charge in [0.05, 0.1) is 12.5 Å². The van der Waals surface area contributed by atoms with Crippen LogP contribution in [0.15, 0.2) is 36.4 Å². The van der Waals surface area contributed by atoms with Crippen molar-refractivity contribution in [1.29, 1.82) is 0 Å². The van der Waals surface area contributed by atoms with Gasteiger partial charge in [0.2, 0.25) is 5.91 Å². The summed E-state index contributed by atoms with van der Waals surface area (Å²) in [5.74, 6) is 1.59. The number of benzene rings is 2. The van der Waals surface area contributed by atoms with E-state index in [-0.39, 0.29) is 11.8 Å². The highest BCUT2D eigenvalue weighted by Gasteiger charge is 2.32. The third kappa shape index (κ3) is 2.98. The molecule has 1 unspecified atom stereocenters. The van der Waals surface area contributed by atoms with Gasteiger partial charge in [-0.2, -0.15) is 0 Å². The van der Waals surface area contributed by atoms with Gasteiger partial charge >= 0.3 is 0 Å². The fourth-order valence-electron chi connectivity index (χ4n) is 3.89. The second kappa shape index (κ2) is 6.90. The van der Waals surface area contributed by atoms with Crippen molar-refractivity contribution in [2.24, 2.45) is 5.92 Å². The topological polar surface area (TPSA) is 64.8 Å². The molecule has 136 valence electrons. The third-order valence-electron chi connectivity index (χ3n) is 5.15. The molecule has 26 heavy (non-hydrogen) atoms. The molecule has 1 atom stereocenters. The fourth-order valence-corrected chi connectivity index (χ4v) is 3.89. The Hall–Kier alpha value is -2.69. The average molecular weight is 352 g/mol. The molecule has 2 aliphatic heterocycles. The summed E-state index contributed by atoms with van der Waals surface area (Å²) in [6, 6.07) is 11.6. The maximum atomic E-state index is 13.2. The van der Waals surface area contributed by atoms with Gasteiger partial charge in [0.25, 0.3) is 0 Å². The molecule has 0 bridgehead atoms. The van der Waals surface area contributed by atoms with Crippen molar-refractivity contribution in [2.75, 3.05) is 30.4 Å². The molecule has 0 fully saturated rings. The Labute approximate surface area is 153 Å². The lowest BCUT2D eigenvalue weighted by Crippen LogP contribution is -2.43. The van der Waals surface area contributed by atoms with E-state index >= 15 is 0 Å². The van der Waals surface area contributed by atoms with Gasteiger partial charge in [0.15, 0.2) is 0 Å². The van der Waals surface area contributed by atoms with Gasteiger partial charge in [0.1, 0.15) is 18.1 Å².